The van der Waals surface area contributed by atoms with Crippen molar-refractivity contribution in [3.8, 4) is 11.5 Å². The van der Waals surface area contributed by atoms with Crippen LogP contribution in [0.3, 0.4) is 0 Å². The summed E-state index contributed by atoms with van der Waals surface area (Å²) in [5.74, 6) is 0.256. The monoisotopic (exact) mass is 359 g/mol. The van der Waals surface area contributed by atoms with Crippen molar-refractivity contribution < 1.29 is 23.4 Å². The molecule has 1 aliphatic rings. The molecule has 0 saturated carbocycles. The van der Waals surface area contributed by atoms with Gasteiger partial charge < -0.3 is 19.9 Å². The minimum absolute atomic E-state index is 0.239. The van der Waals surface area contributed by atoms with Crippen LogP contribution in [-0.4, -0.2) is 25.2 Å². The summed E-state index contributed by atoms with van der Waals surface area (Å²) >= 11 is 0. The smallest absolute Gasteiger partial charge is 0.248 e. The zero-order valence-electron chi connectivity index (χ0n) is 14.4. The molecule has 0 aliphatic carbocycles. The van der Waals surface area contributed by atoms with E-state index < -0.39 is 12.6 Å². The second-order valence-electron chi connectivity index (χ2n) is 6.19. The molecule has 2 aromatic carbocycles. The Morgan fingerprint density at radius 2 is 1.88 bits per heavy atom. The van der Waals surface area contributed by atoms with E-state index in [0.29, 0.717) is 17.9 Å². The lowest BCUT2D eigenvalue weighted by Crippen LogP contribution is -2.23. The van der Waals surface area contributed by atoms with Gasteiger partial charge in [0.05, 0.1) is 12.7 Å². The normalized spacial score (nSPS) is 15.0. The maximum absolute atomic E-state index is 13.1. The largest absolute Gasteiger partial charge is 0.457 e. The van der Waals surface area contributed by atoms with Gasteiger partial charge >= 0.3 is 0 Å². The van der Waals surface area contributed by atoms with Crippen molar-refractivity contribution in [2.24, 2.45) is 5.73 Å². The molecule has 138 valence electrons. The van der Waals surface area contributed by atoms with Crippen LogP contribution in [-0.2, 0) is 22.8 Å². The molecule has 2 N–H and O–H groups in total. The summed E-state index contributed by atoms with van der Waals surface area (Å²) in [5.41, 5.74) is 6.94. The third-order valence-electron chi connectivity index (χ3n) is 4.30. The van der Waals surface area contributed by atoms with Crippen LogP contribution in [0.2, 0.25) is 0 Å². The van der Waals surface area contributed by atoms with Gasteiger partial charge in [0.1, 0.15) is 18.2 Å². The second-order valence-corrected chi connectivity index (χ2v) is 6.19. The molecule has 3 rings (SSSR count). The average molecular weight is 359 g/mol. The van der Waals surface area contributed by atoms with Crippen LogP contribution in [0.25, 0.3) is 0 Å². The fourth-order valence-electron chi connectivity index (χ4n) is 2.75. The third-order valence-corrected chi connectivity index (χ3v) is 4.30. The molecule has 1 amide bonds. The number of alkyl halides is 1. The van der Waals surface area contributed by atoms with E-state index in [1.165, 1.54) is 18.2 Å². The molecule has 1 saturated heterocycles. The van der Waals surface area contributed by atoms with E-state index in [9.17, 15) is 9.18 Å². The minimum atomic E-state index is -0.689. The van der Waals surface area contributed by atoms with Gasteiger partial charge in [-0.25, -0.2) is 4.39 Å². The third kappa shape index (κ3) is 4.80. The number of halogens is 1. The van der Waals surface area contributed by atoms with Crippen LogP contribution in [0.15, 0.2) is 42.5 Å². The highest BCUT2D eigenvalue weighted by atomic mass is 19.1. The predicted molar refractivity (Wildman–Crippen MR) is 94.9 cm³/mol. The van der Waals surface area contributed by atoms with Crippen LogP contribution in [0.5, 0.6) is 11.5 Å². The molecular weight excluding hydrogens is 337 g/mol. The summed E-state index contributed by atoms with van der Waals surface area (Å²) in [4.78, 5) is 11.3. The van der Waals surface area contributed by atoms with Crippen LogP contribution in [0.1, 0.15) is 34.3 Å². The number of carbonyl (C=O) groups is 1. The number of hydrogen-bond donors (Lipinski definition) is 1. The lowest BCUT2D eigenvalue weighted by molar-refractivity contribution is -0.0390. The second kappa shape index (κ2) is 8.78. The number of primary amides is 1. The maximum atomic E-state index is 13.1. The number of hydrogen-bond acceptors (Lipinski definition) is 4. The Hall–Kier alpha value is -2.44. The molecule has 1 fully saturated rings. The molecular formula is C20H22FNO4. The Kier molecular flexibility index (Phi) is 6.20. The molecule has 1 aliphatic heterocycles. The van der Waals surface area contributed by atoms with Gasteiger partial charge in [-0.05, 0) is 42.7 Å². The SMILES string of the molecule is NC(=O)c1ccc(CF)c(Oc2ccc(COC3CCOCC3)cc2)c1. The molecule has 26 heavy (non-hydrogen) atoms. The van der Waals surface area contributed by atoms with E-state index in [1.807, 2.05) is 12.1 Å². The van der Waals surface area contributed by atoms with Gasteiger partial charge in [-0.3, -0.25) is 4.79 Å². The Balaban J connectivity index is 1.63. The van der Waals surface area contributed by atoms with Gasteiger partial charge in [0.15, 0.2) is 0 Å². The zero-order valence-corrected chi connectivity index (χ0v) is 14.4. The van der Waals surface area contributed by atoms with E-state index in [1.54, 1.807) is 12.1 Å². The maximum Gasteiger partial charge on any atom is 0.248 e. The molecule has 0 radical (unpaired) electrons. The number of rotatable bonds is 7. The molecule has 0 bridgehead atoms. The van der Waals surface area contributed by atoms with Gasteiger partial charge in [0.2, 0.25) is 5.91 Å². The molecule has 6 heteroatoms. The van der Waals surface area contributed by atoms with E-state index in [4.69, 9.17) is 19.9 Å². The molecule has 0 atom stereocenters. The number of nitrogens with two attached hydrogens (primary N) is 1. The van der Waals surface area contributed by atoms with Crippen molar-refractivity contribution in [1.29, 1.82) is 0 Å². The lowest BCUT2D eigenvalue weighted by atomic mass is 10.1. The van der Waals surface area contributed by atoms with E-state index >= 15 is 0 Å². The number of benzene rings is 2. The molecule has 0 spiro atoms. The Morgan fingerprint density at radius 3 is 2.54 bits per heavy atom. The molecule has 5 nitrogen and oxygen atoms in total. The number of amides is 1. The zero-order chi connectivity index (χ0) is 18.4. The fraction of sp³-hybridized carbons (Fsp3) is 0.350. The highest BCUT2D eigenvalue weighted by Gasteiger charge is 2.14. The highest BCUT2D eigenvalue weighted by Crippen LogP contribution is 2.28. The molecule has 1 heterocycles. The van der Waals surface area contributed by atoms with Crippen molar-refractivity contribution in [3.05, 3.63) is 59.2 Å². The van der Waals surface area contributed by atoms with Crippen molar-refractivity contribution >= 4 is 5.91 Å². The van der Waals surface area contributed by atoms with Crippen LogP contribution in [0.4, 0.5) is 4.39 Å². The van der Waals surface area contributed by atoms with Crippen molar-refractivity contribution in [3.63, 3.8) is 0 Å². The first-order chi connectivity index (χ1) is 12.7. The Bertz CT molecular complexity index is 742. The molecule has 0 aromatic heterocycles. The summed E-state index contributed by atoms with van der Waals surface area (Å²) < 4.78 is 30.1. The first-order valence-corrected chi connectivity index (χ1v) is 8.60. The lowest BCUT2D eigenvalue weighted by Gasteiger charge is -2.22. The summed E-state index contributed by atoms with van der Waals surface area (Å²) in [7, 11) is 0. The van der Waals surface area contributed by atoms with Gasteiger partial charge in [-0.1, -0.05) is 18.2 Å². The van der Waals surface area contributed by atoms with Crippen molar-refractivity contribution in [1.82, 2.24) is 0 Å². The van der Waals surface area contributed by atoms with Crippen molar-refractivity contribution in [2.45, 2.75) is 32.2 Å². The van der Waals surface area contributed by atoms with Crippen LogP contribution >= 0.6 is 0 Å². The molecule has 0 unspecified atom stereocenters. The van der Waals surface area contributed by atoms with Gasteiger partial charge in [-0.15, -0.1) is 0 Å². The molecule has 2 aromatic rings. The van der Waals surface area contributed by atoms with Gasteiger partial charge in [0.25, 0.3) is 0 Å². The van der Waals surface area contributed by atoms with Gasteiger partial charge in [0, 0.05) is 24.3 Å². The first kappa shape index (κ1) is 18.4. The van der Waals surface area contributed by atoms with E-state index in [0.717, 1.165) is 31.6 Å². The fourth-order valence-corrected chi connectivity index (χ4v) is 2.75. The number of carbonyl (C=O) groups excluding carboxylic acids is 1. The first-order valence-electron chi connectivity index (χ1n) is 8.60. The quantitative estimate of drug-likeness (QED) is 0.817. The minimum Gasteiger partial charge on any atom is -0.457 e. The van der Waals surface area contributed by atoms with Crippen molar-refractivity contribution in [2.75, 3.05) is 13.2 Å². The average Bonchev–Trinajstić information content (AvgIpc) is 2.68. The Labute approximate surface area is 151 Å². The highest BCUT2D eigenvalue weighted by molar-refractivity contribution is 5.93. The van der Waals surface area contributed by atoms with Gasteiger partial charge in [-0.2, -0.15) is 0 Å². The van der Waals surface area contributed by atoms with E-state index in [2.05, 4.69) is 0 Å². The number of ether oxygens (including phenoxy) is 3. The van der Waals surface area contributed by atoms with E-state index in [-0.39, 0.29) is 17.4 Å². The van der Waals surface area contributed by atoms with Crippen LogP contribution < -0.4 is 10.5 Å². The van der Waals surface area contributed by atoms with Crippen LogP contribution in [0, 0.1) is 0 Å². The standard InChI is InChI=1S/C20H22FNO4/c21-12-16-4-3-15(20(22)23)11-19(16)26-18-5-1-14(2-6-18)13-25-17-7-9-24-10-8-17/h1-6,11,17H,7-10,12-13H2,(H2,22,23). The Morgan fingerprint density at radius 1 is 1.15 bits per heavy atom. The summed E-state index contributed by atoms with van der Waals surface area (Å²) in [6, 6.07) is 11.8. The summed E-state index contributed by atoms with van der Waals surface area (Å²) in [6.45, 7) is 1.33. The predicted octanol–water partition coefficient (Wildman–Crippen LogP) is 3.74. The summed E-state index contributed by atoms with van der Waals surface area (Å²) in [6.07, 6.45) is 2.08. The summed E-state index contributed by atoms with van der Waals surface area (Å²) in [5, 5.41) is 0. The topological polar surface area (TPSA) is 70.8 Å².